The van der Waals surface area contributed by atoms with Crippen molar-refractivity contribution in [1.82, 2.24) is 10.2 Å². The van der Waals surface area contributed by atoms with Crippen molar-refractivity contribution in [2.24, 2.45) is 0 Å². The number of rotatable bonds is 4. The van der Waals surface area contributed by atoms with E-state index in [0.717, 1.165) is 32.5 Å². The highest BCUT2D eigenvalue weighted by atomic mass is 16.1. The zero-order valence-electron chi connectivity index (χ0n) is 11.6. The molecule has 0 saturated carbocycles. The number of benzene rings is 1. The zero-order valence-corrected chi connectivity index (χ0v) is 11.6. The Kier molecular flexibility index (Phi) is 4.80. The minimum absolute atomic E-state index is 0.0490. The number of anilines is 1. The lowest BCUT2D eigenvalue weighted by Crippen LogP contribution is -2.44. The molecule has 1 aliphatic rings. The summed E-state index contributed by atoms with van der Waals surface area (Å²) in [5.41, 5.74) is 6.95. The first-order valence-electron chi connectivity index (χ1n) is 7.08. The summed E-state index contributed by atoms with van der Waals surface area (Å²) in [6.45, 7) is 5.50. The summed E-state index contributed by atoms with van der Waals surface area (Å²) < 4.78 is 0. The number of carbonyl (C=O) groups is 1. The highest BCUT2D eigenvalue weighted by Gasteiger charge is 2.21. The Labute approximate surface area is 115 Å². The van der Waals surface area contributed by atoms with Crippen molar-refractivity contribution in [2.75, 3.05) is 25.4 Å². The Balaban J connectivity index is 1.86. The number of para-hydroxylation sites is 1. The van der Waals surface area contributed by atoms with Crippen LogP contribution in [0.2, 0.25) is 0 Å². The van der Waals surface area contributed by atoms with Crippen LogP contribution >= 0.6 is 0 Å². The second-order valence-corrected chi connectivity index (χ2v) is 5.18. The van der Waals surface area contributed by atoms with Gasteiger partial charge in [-0.2, -0.15) is 0 Å². The highest BCUT2D eigenvalue weighted by Crippen LogP contribution is 2.14. The van der Waals surface area contributed by atoms with Gasteiger partial charge in [-0.15, -0.1) is 0 Å². The van der Waals surface area contributed by atoms with Crippen LogP contribution in [0.4, 0.5) is 5.69 Å². The van der Waals surface area contributed by atoms with E-state index in [9.17, 15) is 4.79 Å². The largest absolute Gasteiger partial charge is 0.398 e. The molecular formula is C15H23N3O. The van der Waals surface area contributed by atoms with E-state index in [1.165, 1.54) is 6.42 Å². The molecule has 0 bridgehead atoms. The van der Waals surface area contributed by atoms with E-state index in [-0.39, 0.29) is 11.9 Å². The molecule has 1 heterocycles. The number of nitrogen functional groups attached to an aromatic ring is 1. The van der Waals surface area contributed by atoms with E-state index >= 15 is 0 Å². The van der Waals surface area contributed by atoms with Gasteiger partial charge in [-0.1, -0.05) is 19.1 Å². The monoisotopic (exact) mass is 261 g/mol. The zero-order chi connectivity index (χ0) is 13.7. The van der Waals surface area contributed by atoms with Crippen LogP contribution in [-0.4, -0.2) is 36.5 Å². The number of hydrogen-bond donors (Lipinski definition) is 2. The van der Waals surface area contributed by atoms with Gasteiger partial charge in [0, 0.05) is 24.8 Å². The summed E-state index contributed by atoms with van der Waals surface area (Å²) in [7, 11) is 0. The van der Waals surface area contributed by atoms with Crippen LogP contribution in [0.3, 0.4) is 0 Å². The minimum atomic E-state index is -0.0490. The van der Waals surface area contributed by atoms with E-state index in [0.29, 0.717) is 11.3 Å². The van der Waals surface area contributed by atoms with Crippen molar-refractivity contribution in [3.8, 4) is 0 Å². The van der Waals surface area contributed by atoms with Gasteiger partial charge in [0.1, 0.15) is 0 Å². The summed E-state index contributed by atoms with van der Waals surface area (Å²) >= 11 is 0. The molecule has 0 radical (unpaired) electrons. The molecule has 19 heavy (non-hydrogen) atoms. The van der Waals surface area contributed by atoms with Crippen molar-refractivity contribution in [1.29, 1.82) is 0 Å². The van der Waals surface area contributed by atoms with Crippen LogP contribution in [-0.2, 0) is 0 Å². The van der Waals surface area contributed by atoms with Crippen molar-refractivity contribution in [2.45, 2.75) is 32.2 Å². The molecule has 1 aromatic rings. The van der Waals surface area contributed by atoms with Gasteiger partial charge in [0.05, 0.1) is 5.56 Å². The van der Waals surface area contributed by atoms with Crippen molar-refractivity contribution in [3.05, 3.63) is 29.8 Å². The second kappa shape index (κ2) is 6.57. The van der Waals surface area contributed by atoms with Gasteiger partial charge in [-0.05, 0) is 37.9 Å². The molecule has 1 aliphatic heterocycles. The normalized spacial score (nSPS) is 17.3. The van der Waals surface area contributed by atoms with E-state index < -0.39 is 0 Å². The lowest BCUT2D eigenvalue weighted by atomic mass is 10.0. The Morgan fingerprint density at radius 3 is 2.68 bits per heavy atom. The number of nitrogens with zero attached hydrogens (tertiary/aromatic N) is 1. The molecule has 0 atom stereocenters. The lowest BCUT2D eigenvalue weighted by molar-refractivity contribution is 0.0912. The second-order valence-electron chi connectivity index (χ2n) is 5.18. The number of piperidine rings is 1. The highest BCUT2D eigenvalue weighted by molar-refractivity contribution is 5.99. The summed E-state index contributed by atoms with van der Waals surface area (Å²) in [6, 6.07) is 7.50. The predicted octanol–water partition coefficient (Wildman–Crippen LogP) is 1.87. The SMILES string of the molecule is CCCN1CCC(NC(=O)c2ccccc2N)CC1. The molecule has 2 rings (SSSR count). The summed E-state index contributed by atoms with van der Waals surface area (Å²) in [6.07, 6.45) is 3.24. The van der Waals surface area contributed by atoms with E-state index in [4.69, 9.17) is 5.73 Å². The van der Waals surface area contributed by atoms with E-state index in [1.54, 1.807) is 12.1 Å². The summed E-state index contributed by atoms with van der Waals surface area (Å²) in [5.74, 6) is -0.0490. The fourth-order valence-corrected chi connectivity index (χ4v) is 2.58. The van der Waals surface area contributed by atoms with Gasteiger partial charge in [-0.3, -0.25) is 4.79 Å². The molecule has 1 amide bonds. The molecule has 4 heteroatoms. The Hall–Kier alpha value is -1.55. The summed E-state index contributed by atoms with van der Waals surface area (Å²) in [4.78, 5) is 14.6. The van der Waals surface area contributed by atoms with Crippen molar-refractivity contribution >= 4 is 11.6 Å². The van der Waals surface area contributed by atoms with E-state index in [1.807, 2.05) is 12.1 Å². The van der Waals surface area contributed by atoms with Gasteiger partial charge in [0.15, 0.2) is 0 Å². The Bertz CT molecular complexity index is 425. The standard InChI is InChI=1S/C15H23N3O/c1-2-9-18-10-7-12(8-11-18)17-15(19)13-5-3-4-6-14(13)16/h3-6,12H,2,7-11,16H2,1H3,(H,17,19). The van der Waals surface area contributed by atoms with Crippen LogP contribution in [0.1, 0.15) is 36.5 Å². The lowest BCUT2D eigenvalue weighted by Gasteiger charge is -2.32. The quantitative estimate of drug-likeness (QED) is 0.814. The molecule has 1 aromatic carbocycles. The van der Waals surface area contributed by atoms with Gasteiger partial charge in [0.2, 0.25) is 0 Å². The first kappa shape index (κ1) is 13.9. The first-order valence-corrected chi connectivity index (χ1v) is 7.08. The van der Waals surface area contributed by atoms with Crippen LogP contribution in [0.5, 0.6) is 0 Å². The van der Waals surface area contributed by atoms with Gasteiger partial charge in [0.25, 0.3) is 5.91 Å². The van der Waals surface area contributed by atoms with Gasteiger partial charge < -0.3 is 16.0 Å². The molecule has 1 saturated heterocycles. The third kappa shape index (κ3) is 3.70. The average Bonchev–Trinajstić information content (AvgIpc) is 2.42. The van der Waals surface area contributed by atoms with Gasteiger partial charge in [-0.25, -0.2) is 0 Å². The van der Waals surface area contributed by atoms with Crippen molar-refractivity contribution in [3.63, 3.8) is 0 Å². The third-order valence-electron chi connectivity index (χ3n) is 3.67. The Morgan fingerprint density at radius 2 is 2.05 bits per heavy atom. The number of nitrogens with one attached hydrogen (secondary N) is 1. The van der Waals surface area contributed by atoms with Crippen LogP contribution in [0.25, 0.3) is 0 Å². The number of amides is 1. The van der Waals surface area contributed by atoms with Crippen LogP contribution in [0.15, 0.2) is 24.3 Å². The molecule has 1 fully saturated rings. The number of hydrogen-bond acceptors (Lipinski definition) is 3. The fraction of sp³-hybridized carbons (Fsp3) is 0.533. The van der Waals surface area contributed by atoms with Crippen LogP contribution in [0, 0.1) is 0 Å². The summed E-state index contributed by atoms with van der Waals surface area (Å²) in [5, 5.41) is 3.09. The maximum atomic E-state index is 12.1. The van der Waals surface area contributed by atoms with E-state index in [2.05, 4.69) is 17.1 Å². The minimum Gasteiger partial charge on any atom is -0.398 e. The van der Waals surface area contributed by atoms with Crippen LogP contribution < -0.4 is 11.1 Å². The number of likely N-dealkylation sites (tertiary alicyclic amines) is 1. The number of carbonyl (C=O) groups excluding carboxylic acids is 1. The molecule has 104 valence electrons. The molecule has 0 spiro atoms. The molecule has 3 N–H and O–H groups in total. The maximum Gasteiger partial charge on any atom is 0.253 e. The molecule has 0 aromatic heterocycles. The topological polar surface area (TPSA) is 58.4 Å². The van der Waals surface area contributed by atoms with Crippen molar-refractivity contribution < 1.29 is 4.79 Å². The first-order chi connectivity index (χ1) is 9.20. The van der Waals surface area contributed by atoms with Gasteiger partial charge >= 0.3 is 0 Å². The third-order valence-corrected chi connectivity index (χ3v) is 3.67. The smallest absolute Gasteiger partial charge is 0.253 e. The molecule has 4 nitrogen and oxygen atoms in total. The molecule has 0 aliphatic carbocycles. The molecule has 0 unspecified atom stereocenters. The average molecular weight is 261 g/mol. The predicted molar refractivity (Wildman–Crippen MR) is 78.1 cm³/mol. The number of nitrogens with two attached hydrogens (primary N) is 1. The molecular weight excluding hydrogens is 238 g/mol. The maximum absolute atomic E-state index is 12.1. The Morgan fingerprint density at radius 1 is 1.37 bits per heavy atom. The fourth-order valence-electron chi connectivity index (χ4n) is 2.58.